The first kappa shape index (κ1) is 8.51. The van der Waals surface area contributed by atoms with Crippen molar-refractivity contribution in [2.75, 3.05) is 0 Å². The first-order valence-corrected chi connectivity index (χ1v) is 4.74. The van der Waals surface area contributed by atoms with Crippen LogP contribution in [0.3, 0.4) is 0 Å². The van der Waals surface area contributed by atoms with Gasteiger partial charge in [-0.3, -0.25) is 5.10 Å². The molecule has 0 saturated carbocycles. The van der Waals surface area contributed by atoms with Crippen molar-refractivity contribution in [2.45, 2.75) is 31.8 Å². The van der Waals surface area contributed by atoms with Gasteiger partial charge in [-0.15, -0.1) is 0 Å². The minimum Gasteiger partial charge on any atom is -0.382 e. The van der Waals surface area contributed by atoms with Crippen LogP contribution >= 0.6 is 0 Å². The number of nitrogens with one attached hydrogen (secondary N) is 1. The number of aliphatic hydroxyl groups is 1. The Balaban J connectivity index is 2.12. The van der Waals surface area contributed by atoms with Crippen LogP contribution < -0.4 is 0 Å². The zero-order valence-electron chi connectivity index (χ0n) is 7.53. The van der Waals surface area contributed by atoms with E-state index >= 15 is 0 Å². The third-order valence-electron chi connectivity index (χ3n) is 2.49. The molecular formula is C10H14N2O. The number of hydrogen-bond acceptors (Lipinski definition) is 2. The third-order valence-corrected chi connectivity index (χ3v) is 2.49. The van der Waals surface area contributed by atoms with E-state index in [0.717, 1.165) is 24.1 Å². The van der Waals surface area contributed by atoms with E-state index in [1.165, 1.54) is 12.8 Å². The molecule has 1 aromatic rings. The van der Waals surface area contributed by atoms with Gasteiger partial charge in [-0.25, -0.2) is 0 Å². The molecule has 1 aromatic heterocycles. The first-order chi connectivity index (χ1) is 6.38. The molecular weight excluding hydrogens is 164 g/mol. The molecule has 1 unspecified atom stereocenters. The van der Waals surface area contributed by atoms with E-state index in [1.807, 2.05) is 6.07 Å². The zero-order valence-corrected chi connectivity index (χ0v) is 7.53. The van der Waals surface area contributed by atoms with E-state index in [0.29, 0.717) is 0 Å². The predicted octanol–water partition coefficient (Wildman–Crippen LogP) is 1.94. The Labute approximate surface area is 77.5 Å². The predicted molar refractivity (Wildman–Crippen MR) is 50.1 cm³/mol. The summed E-state index contributed by atoms with van der Waals surface area (Å²) in [5.41, 5.74) is 1.93. The molecule has 1 heterocycles. The molecule has 0 bridgehead atoms. The van der Waals surface area contributed by atoms with Crippen molar-refractivity contribution in [2.24, 2.45) is 0 Å². The highest BCUT2D eigenvalue weighted by molar-refractivity contribution is 5.19. The lowest BCUT2D eigenvalue weighted by molar-refractivity contribution is 0.203. The standard InChI is InChI=1S/C10H14N2O/c13-10(9-6-7-11-12-9)8-4-2-1-3-5-8/h4,6-7,10,13H,1-3,5H2,(H,11,12). The van der Waals surface area contributed by atoms with Crippen LogP contribution in [0, 0.1) is 0 Å². The van der Waals surface area contributed by atoms with Crippen LogP contribution in [0.15, 0.2) is 23.9 Å². The second kappa shape index (κ2) is 3.75. The van der Waals surface area contributed by atoms with E-state index in [-0.39, 0.29) is 0 Å². The average Bonchev–Trinajstić information content (AvgIpc) is 2.71. The summed E-state index contributed by atoms with van der Waals surface area (Å²) in [5.74, 6) is 0. The molecule has 1 aliphatic rings. The Bertz CT molecular complexity index is 290. The second-order valence-electron chi connectivity index (χ2n) is 3.44. The van der Waals surface area contributed by atoms with Gasteiger partial charge in [0.15, 0.2) is 0 Å². The Hall–Kier alpha value is -1.09. The second-order valence-corrected chi connectivity index (χ2v) is 3.44. The normalized spacial score (nSPS) is 19.6. The third kappa shape index (κ3) is 1.80. The van der Waals surface area contributed by atoms with E-state index in [9.17, 15) is 5.11 Å². The van der Waals surface area contributed by atoms with Crippen molar-refractivity contribution in [1.82, 2.24) is 10.2 Å². The number of allylic oxidation sites excluding steroid dienone is 1. The minimum absolute atomic E-state index is 0.470. The van der Waals surface area contributed by atoms with E-state index < -0.39 is 6.10 Å². The van der Waals surface area contributed by atoms with Gasteiger partial charge in [0.1, 0.15) is 6.10 Å². The quantitative estimate of drug-likeness (QED) is 0.680. The van der Waals surface area contributed by atoms with Crippen LogP contribution in [-0.2, 0) is 0 Å². The summed E-state index contributed by atoms with van der Waals surface area (Å²) in [6.45, 7) is 0. The molecule has 0 amide bonds. The highest BCUT2D eigenvalue weighted by atomic mass is 16.3. The minimum atomic E-state index is -0.470. The molecule has 1 aliphatic carbocycles. The van der Waals surface area contributed by atoms with Crippen LogP contribution in [0.2, 0.25) is 0 Å². The molecule has 0 spiro atoms. The van der Waals surface area contributed by atoms with Gasteiger partial charge in [-0.2, -0.15) is 5.10 Å². The number of nitrogens with zero attached hydrogens (tertiary/aromatic N) is 1. The van der Waals surface area contributed by atoms with Crippen molar-refractivity contribution in [3.63, 3.8) is 0 Å². The summed E-state index contributed by atoms with van der Waals surface area (Å²) in [7, 11) is 0. The molecule has 0 fully saturated rings. The van der Waals surface area contributed by atoms with Crippen molar-refractivity contribution >= 4 is 0 Å². The largest absolute Gasteiger partial charge is 0.382 e. The molecule has 2 N–H and O–H groups in total. The first-order valence-electron chi connectivity index (χ1n) is 4.74. The van der Waals surface area contributed by atoms with Gasteiger partial charge in [0.2, 0.25) is 0 Å². The fourth-order valence-corrected chi connectivity index (χ4v) is 1.73. The maximum absolute atomic E-state index is 9.89. The van der Waals surface area contributed by atoms with Gasteiger partial charge in [0.25, 0.3) is 0 Å². The number of aromatic amines is 1. The summed E-state index contributed by atoms with van der Waals surface area (Å²) in [4.78, 5) is 0. The molecule has 0 aromatic carbocycles. The van der Waals surface area contributed by atoms with Gasteiger partial charge in [-0.05, 0) is 37.3 Å². The summed E-state index contributed by atoms with van der Waals surface area (Å²) in [6, 6.07) is 1.82. The van der Waals surface area contributed by atoms with Gasteiger partial charge >= 0.3 is 0 Å². The molecule has 3 heteroatoms. The molecule has 0 saturated heterocycles. The monoisotopic (exact) mass is 178 g/mol. The Morgan fingerprint density at radius 2 is 2.38 bits per heavy atom. The fourth-order valence-electron chi connectivity index (χ4n) is 1.73. The Morgan fingerprint density at radius 3 is 3.00 bits per heavy atom. The maximum atomic E-state index is 9.89. The molecule has 1 atom stereocenters. The Kier molecular flexibility index (Phi) is 2.45. The topological polar surface area (TPSA) is 48.9 Å². The number of aliphatic hydroxyl groups excluding tert-OH is 1. The number of aromatic nitrogens is 2. The van der Waals surface area contributed by atoms with Crippen molar-refractivity contribution in [3.8, 4) is 0 Å². The van der Waals surface area contributed by atoms with Crippen molar-refractivity contribution in [3.05, 3.63) is 29.6 Å². The molecule has 0 radical (unpaired) electrons. The van der Waals surface area contributed by atoms with E-state index in [2.05, 4.69) is 16.3 Å². The summed E-state index contributed by atoms with van der Waals surface area (Å²) >= 11 is 0. The van der Waals surface area contributed by atoms with Gasteiger partial charge in [0, 0.05) is 6.20 Å². The van der Waals surface area contributed by atoms with Crippen LogP contribution in [0.25, 0.3) is 0 Å². The van der Waals surface area contributed by atoms with Gasteiger partial charge < -0.3 is 5.11 Å². The number of hydrogen-bond donors (Lipinski definition) is 2. The lowest BCUT2D eigenvalue weighted by Crippen LogP contribution is -2.05. The molecule has 0 aliphatic heterocycles. The lowest BCUT2D eigenvalue weighted by atomic mass is 9.94. The molecule has 3 nitrogen and oxygen atoms in total. The van der Waals surface area contributed by atoms with Gasteiger partial charge in [0.05, 0.1) is 5.69 Å². The van der Waals surface area contributed by atoms with Crippen LogP contribution in [0.1, 0.15) is 37.5 Å². The summed E-state index contributed by atoms with van der Waals surface area (Å²) < 4.78 is 0. The van der Waals surface area contributed by atoms with Crippen LogP contribution in [0.5, 0.6) is 0 Å². The summed E-state index contributed by atoms with van der Waals surface area (Å²) in [5, 5.41) is 16.5. The maximum Gasteiger partial charge on any atom is 0.116 e. The Morgan fingerprint density at radius 1 is 1.46 bits per heavy atom. The molecule has 2 rings (SSSR count). The van der Waals surface area contributed by atoms with Gasteiger partial charge in [-0.1, -0.05) is 6.08 Å². The van der Waals surface area contributed by atoms with E-state index in [4.69, 9.17) is 0 Å². The van der Waals surface area contributed by atoms with Crippen LogP contribution in [-0.4, -0.2) is 15.3 Å². The smallest absolute Gasteiger partial charge is 0.116 e. The number of rotatable bonds is 2. The molecule has 13 heavy (non-hydrogen) atoms. The highest BCUT2D eigenvalue weighted by Crippen LogP contribution is 2.28. The van der Waals surface area contributed by atoms with E-state index in [1.54, 1.807) is 6.20 Å². The highest BCUT2D eigenvalue weighted by Gasteiger charge is 2.15. The fraction of sp³-hybridized carbons (Fsp3) is 0.500. The SMILES string of the molecule is OC(C1=CCCCC1)c1ccn[nH]1. The van der Waals surface area contributed by atoms with Crippen molar-refractivity contribution in [1.29, 1.82) is 0 Å². The molecule has 70 valence electrons. The number of H-pyrrole nitrogens is 1. The summed E-state index contributed by atoms with van der Waals surface area (Å²) in [6.07, 6.45) is 7.90. The zero-order chi connectivity index (χ0) is 9.10. The van der Waals surface area contributed by atoms with Crippen molar-refractivity contribution < 1.29 is 5.11 Å². The van der Waals surface area contributed by atoms with Crippen LogP contribution in [0.4, 0.5) is 0 Å². The lowest BCUT2D eigenvalue weighted by Gasteiger charge is -2.17. The average molecular weight is 178 g/mol.